The Hall–Kier alpha value is -1.37. The molecule has 0 unspecified atom stereocenters. The first kappa shape index (κ1) is 9.20. The Morgan fingerprint density at radius 1 is 0.929 bits per heavy atom. The van der Waals surface area contributed by atoms with Crippen LogP contribution in [0.15, 0.2) is 36.4 Å². The summed E-state index contributed by atoms with van der Waals surface area (Å²) in [5, 5.41) is 2.08. The van der Waals surface area contributed by atoms with Crippen LogP contribution in [-0.2, 0) is 0 Å². The fourth-order valence-corrected chi connectivity index (χ4v) is 1.60. The van der Waals surface area contributed by atoms with Crippen LogP contribution < -0.4 is 0 Å². The fraction of sp³-hybridized carbons (Fsp3) is 0.231. The van der Waals surface area contributed by atoms with Crippen LogP contribution in [0.2, 0.25) is 0 Å². The van der Waals surface area contributed by atoms with Crippen molar-refractivity contribution < 1.29 is 4.39 Å². The second-order valence-electron chi connectivity index (χ2n) is 3.91. The molecule has 0 nitrogen and oxygen atoms in total. The Balaban J connectivity index is 2.63. The normalized spacial score (nSPS) is 11.1. The lowest BCUT2D eigenvalue weighted by Crippen LogP contribution is -1.86. The van der Waals surface area contributed by atoms with Crippen LogP contribution in [0.5, 0.6) is 0 Å². The van der Waals surface area contributed by atoms with Crippen molar-refractivity contribution in [1.82, 2.24) is 0 Å². The molecule has 0 N–H and O–H groups in total. The molecule has 0 bridgehead atoms. The molecule has 0 spiro atoms. The molecule has 2 rings (SSSR count). The van der Waals surface area contributed by atoms with E-state index in [1.165, 1.54) is 11.6 Å². The van der Waals surface area contributed by atoms with Gasteiger partial charge in [-0.15, -0.1) is 0 Å². The van der Waals surface area contributed by atoms with Crippen molar-refractivity contribution in [2.75, 3.05) is 0 Å². The smallest absolute Gasteiger partial charge is 0.123 e. The van der Waals surface area contributed by atoms with Crippen molar-refractivity contribution in [3.63, 3.8) is 0 Å². The SMILES string of the molecule is CC(C)c1ccc2ccc(F)cc2c1. The minimum atomic E-state index is -0.168. The summed E-state index contributed by atoms with van der Waals surface area (Å²) < 4.78 is 13.0. The van der Waals surface area contributed by atoms with E-state index in [1.54, 1.807) is 6.07 Å². The molecule has 0 aromatic heterocycles. The third-order valence-corrected chi connectivity index (χ3v) is 2.49. The average Bonchev–Trinajstić information content (AvgIpc) is 2.16. The van der Waals surface area contributed by atoms with Crippen molar-refractivity contribution in [1.29, 1.82) is 0 Å². The van der Waals surface area contributed by atoms with E-state index in [1.807, 2.05) is 12.1 Å². The first-order chi connectivity index (χ1) is 6.66. The van der Waals surface area contributed by atoms with Crippen molar-refractivity contribution in [2.24, 2.45) is 0 Å². The highest BCUT2D eigenvalue weighted by Gasteiger charge is 2.01. The van der Waals surface area contributed by atoms with Crippen molar-refractivity contribution in [3.8, 4) is 0 Å². The molecular weight excluding hydrogens is 175 g/mol. The van der Waals surface area contributed by atoms with Gasteiger partial charge in [-0.2, -0.15) is 0 Å². The summed E-state index contributed by atoms with van der Waals surface area (Å²) in [5.41, 5.74) is 1.25. The third kappa shape index (κ3) is 1.63. The molecule has 1 heteroatoms. The second-order valence-corrected chi connectivity index (χ2v) is 3.91. The van der Waals surface area contributed by atoms with Gasteiger partial charge in [-0.3, -0.25) is 0 Å². The van der Waals surface area contributed by atoms with Crippen LogP contribution in [0.3, 0.4) is 0 Å². The molecule has 0 aliphatic heterocycles. The largest absolute Gasteiger partial charge is 0.207 e. The lowest BCUT2D eigenvalue weighted by molar-refractivity contribution is 0.629. The zero-order valence-corrected chi connectivity index (χ0v) is 8.42. The summed E-state index contributed by atoms with van der Waals surface area (Å²) in [6.07, 6.45) is 0. The van der Waals surface area contributed by atoms with Crippen LogP contribution in [0.4, 0.5) is 4.39 Å². The summed E-state index contributed by atoms with van der Waals surface area (Å²) >= 11 is 0. The molecule has 2 aromatic rings. The predicted molar refractivity (Wildman–Crippen MR) is 58.0 cm³/mol. The van der Waals surface area contributed by atoms with Gasteiger partial charge in [0, 0.05) is 0 Å². The Morgan fingerprint density at radius 3 is 2.36 bits per heavy atom. The van der Waals surface area contributed by atoms with Gasteiger partial charge in [0.05, 0.1) is 0 Å². The molecule has 0 aliphatic carbocycles. The minimum absolute atomic E-state index is 0.168. The molecule has 2 aromatic carbocycles. The molecule has 0 heterocycles. The van der Waals surface area contributed by atoms with E-state index < -0.39 is 0 Å². The molecule has 72 valence electrons. The topological polar surface area (TPSA) is 0 Å². The molecule has 0 saturated heterocycles. The van der Waals surface area contributed by atoms with Crippen LogP contribution in [-0.4, -0.2) is 0 Å². The highest BCUT2D eigenvalue weighted by atomic mass is 19.1. The maximum absolute atomic E-state index is 13.0. The van der Waals surface area contributed by atoms with Crippen LogP contribution >= 0.6 is 0 Å². The van der Waals surface area contributed by atoms with Gasteiger partial charge in [0.2, 0.25) is 0 Å². The van der Waals surface area contributed by atoms with Gasteiger partial charge in [0.15, 0.2) is 0 Å². The summed E-state index contributed by atoms with van der Waals surface area (Å²) in [7, 11) is 0. The standard InChI is InChI=1S/C13H13F/c1-9(2)11-4-3-10-5-6-13(14)8-12(10)7-11/h3-9H,1-2H3. The molecule has 0 radical (unpaired) electrons. The van der Waals surface area contributed by atoms with Crippen LogP contribution in [0.25, 0.3) is 10.8 Å². The zero-order chi connectivity index (χ0) is 10.1. The van der Waals surface area contributed by atoms with E-state index in [9.17, 15) is 4.39 Å². The van der Waals surface area contributed by atoms with Gasteiger partial charge in [0.1, 0.15) is 5.82 Å². The maximum atomic E-state index is 13.0. The lowest BCUT2D eigenvalue weighted by atomic mass is 9.99. The number of benzene rings is 2. The first-order valence-electron chi connectivity index (χ1n) is 4.86. The molecule has 0 atom stereocenters. The quantitative estimate of drug-likeness (QED) is 0.632. The summed E-state index contributed by atoms with van der Waals surface area (Å²) in [6, 6.07) is 11.1. The predicted octanol–water partition coefficient (Wildman–Crippen LogP) is 4.10. The van der Waals surface area contributed by atoms with Gasteiger partial charge >= 0.3 is 0 Å². The molecule has 0 fully saturated rings. The lowest BCUT2D eigenvalue weighted by Gasteiger charge is -2.06. The van der Waals surface area contributed by atoms with E-state index in [2.05, 4.69) is 26.0 Å². The van der Waals surface area contributed by atoms with Gasteiger partial charge in [-0.25, -0.2) is 4.39 Å². The highest BCUT2D eigenvalue weighted by Crippen LogP contribution is 2.21. The van der Waals surface area contributed by atoms with Crippen LogP contribution in [0, 0.1) is 5.82 Å². The van der Waals surface area contributed by atoms with E-state index >= 15 is 0 Å². The van der Waals surface area contributed by atoms with Gasteiger partial charge in [0.25, 0.3) is 0 Å². The molecule has 0 amide bonds. The third-order valence-electron chi connectivity index (χ3n) is 2.49. The minimum Gasteiger partial charge on any atom is -0.207 e. The van der Waals surface area contributed by atoms with Gasteiger partial charge < -0.3 is 0 Å². The summed E-state index contributed by atoms with van der Waals surface area (Å²) in [5.74, 6) is 0.320. The molecular formula is C13H13F. The second kappa shape index (κ2) is 3.41. The highest BCUT2D eigenvalue weighted by molar-refractivity contribution is 5.83. The van der Waals surface area contributed by atoms with Crippen LogP contribution in [0.1, 0.15) is 25.3 Å². The number of fused-ring (bicyclic) bond motifs is 1. The number of hydrogen-bond acceptors (Lipinski definition) is 0. The van der Waals surface area contributed by atoms with Gasteiger partial charge in [-0.05, 0) is 34.4 Å². The number of rotatable bonds is 1. The number of halogens is 1. The van der Waals surface area contributed by atoms with Crippen molar-refractivity contribution >= 4 is 10.8 Å². The average molecular weight is 188 g/mol. The fourth-order valence-electron chi connectivity index (χ4n) is 1.60. The summed E-state index contributed by atoms with van der Waals surface area (Å²) in [6.45, 7) is 4.28. The van der Waals surface area contributed by atoms with E-state index in [0.717, 1.165) is 10.8 Å². The zero-order valence-electron chi connectivity index (χ0n) is 8.42. The molecule has 0 saturated carbocycles. The Bertz CT molecular complexity index is 458. The first-order valence-corrected chi connectivity index (χ1v) is 4.86. The van der Waals surface area contributed by atoms with E-state index in [0.29, 0.717) is 5.92 Å². The van der Waals surface area contributed by atoms with E-state index in [-0.39, 0.29) is 5.82 Å². The molecule has 0 aliphatic rings. The van der Waals surface area contributed by atoms with E-state index in [4.69, 9.17) is 0 Å². The Morgan fingerprint density at radius 2 is 1.64 bits per heavy atom. The Labute approximate surface area is 83.4 Å². The maximum Gasteiger partial charge on any atom is 0.123 e. The van der Waals surface area contributed by atoms with Gasteiger partial charge in [-0.1, -0.05) is 38.1 Å². The molecule has 14 heavy (non-hydrogen) atoms. The monoisotopic (exact) mass is 188 g/mol. The number of hydrogen-bond donors (Lipinski definition) is 0. The summed E-state index contributed by atoms with van der Waals surface area (Å²) in [4.78, 5) is 0. The van der Waals surface area contributed by atoms with Crippen molar-refractivity contribution in [3.05, 3.63) is 47.8 Å². The van der Waals surface area contributed by atoms with Crippen molar-refractivity contribution in [2.45, 2.75) is 19.8 Å². The Kier molecular flexibility index (Phi) is 2.24.